The fraction of sp³-hybridized carbons (Fsp3) is 0.286. The molecule has 2 aromatic rings. The molecule has 0 spiro atoms. The maximum Gasteiger partial charge on any atom is 0.308 e. The fourth-order valence-corrected chi connectivity index (χ4v) is 1.84. The Labute approximate surface area is 104 Å². The van der Waals surface area contributed by atoms with Gasteiger partial charge in [-0.2, -0.15) is 0 Å². The highest BCUT2D eigenvalue weighted by Gasteiger charge is 2.13. The quantitative estimate of drug-likeness (QED) is 0.573. The molecule has 0 bridgehead atoms. The minimum atomic E-state index is -0.399. The number of carbonyl (C=O) groups excluding carboxylic acids is 1. The molecule has 0 amide bonds. The topological polar surface area (TPSA) is 56.5 Å². The lowest BCUT2D eigenvalue weighted by atomic mass is 10.1. The third kappa shape index (κ3) is 1.90. The number of aryl methyl sites for hydroxylation is 2. The molecular weight excluding hydrogens is 232 g/mol. The molecule has 1 aromatic carbocycles. The standard InChI is InChI=1S/C14H14O4/c1-7-9(3)17-14-8(2)12(18-10(4)15)6-5-11(14)13(7)16/h5-6H,1-4H3. The van der Waals surface area contributed by atoms with Crippen molar-refractivity contribution in [1.82, 2.24) is 0 Å². The zero-order valence-corrected chi connectivity index (χ0v) is 10.8. The van der Waals surface area contributed by atoms with Crippen LogP contribution in [0.25, 0.3) is 11.0 Å². The van der Waals surface area contributed by atoms with Crippen LogP contribution in [0.2, 0.25) is 0 Å². The van der Waals surface area contributed by atoms with Gasteiger partial charge in [-0.05, 0) is 32.9 Å². The maximum absolute atomic E-state index is 12.1. The Morgan fingerprint density at radius 1 is 1.17 bits per heavy atom. The van der Waals surface area contributed by atoms with Gasteiger partial charge < -0.3 is 9.15 Å². The largest absolute Gasteiger partial charge is 0.460 e. The second-order valence-electron chi connectivity index (χ2n) is 4.27. The Balaban J connectivity index is 2.79. The van der Waals surface area contributed by atoms with Crippen molar-refractivity contribution >= 4 is 16.9 Å². The first-order valence-electron chi connectivity index (χ1n) is 5.64. The summed E-state index contributed by atoms with van der Waals surface area (Å²) in [6.45, 7) is 6.57. The summed E-state index contributed by atoms with van der Waals surface area (Å²) in [7, 11) is 0. The van der Waals surface area contributed by atoms with Crippen molar-refractivity contribution in [2.24, 2.45) is 0 Å². The zero-order valence-electron chi connectivity index (χ0n) is 10.8. The van der Waals surface area contributed by atoms with Crippen LogP contribution in [0.1, 0.15) is 23.8 Å². The monoisotopic (exact) mass is 246 g/mol. The Kier molecular flexibility index (Phi) is 2.95. The molecule has 94 valence electrons. The molecule has 4 nitrogen and oxygen atoms in total. The highest BCUT2D eigenvalue weighted by molar-refractivity contribution is 5.83. The van der Waals surface area contributed by atoms with E-state index in [0.29, 0.717) is 33.6 Å². The number of benzene rings is 1. The van der Waals surface area contributed by atoms with E-state index >= 15 is 0 Å². The van der Waals surface area contributed by atoms with Crippen molar-refractivity contribution in [3.05, 3.63) is 39.2 Å². The van der Waals surface area contributed by atoms with E-state index in [9.17, 15) is 9.59 Å². The van der Waals surface area contributed by atoms with E-state index in [2.05, 4.69) is 0 Å². The second kappa shape index (κ2) is 4.29. The molecule has 0 unspecified atom stereocenters. The molecule has 0 fully saturated rings. The number of ether oxygens (including phenoxy) is 1. The summed E-state index contributed by atoms with van der Waals surface area (Å²) in [5, 5.41) is 0.506. The summed E-state index contributed by atoms with van der Waals surface area (Å²) in [5.41, 5.74) is 1.68. The summed E-state index contributed by atoms with van der Waals surface area (Å²) in [5.74, 6) is 0.598. The molecular formula is C14H14O4. The minimum Gasteiger partial charge on any atom is -0.460 e. The van der Waals surface area contributed by atoms with Crippen LogP contribution in [0.15, 0.2) is 21.3 Å². The van der Waals surface area contributed by atoms with Crippen LogP contribution < -0.4 is 10.2 Å². The third-order valence-electron chi connectivity index (χ3n) is 2.98. The van der Waals surface area contributed by atoms with E-state index in [0.717, 1.165) is 0 Å². The number of esters is 1. The van der Waals surface area contributed by atoms with E-state index in [1.807, 2.05) is 0 Å². The molecule has 4 heteroatoms. The van der Waals surface area contributed by atoms with E-state index in [4.69, 9.17) is 9.15 Å². The van der Waals surface area contributed by atoms with Crippen molar-refractivity contribution in [3.63, 3.8) is 0 Å². The smallest absolute Gasteiger partial charge is 0.308 e. The molecule has 1 heterocycles. The van der Waals surface area contributed by atoms with E-state index < -0.39 is 5.97 Å². The van der Waals surface area contributed by atoms with Crippen LogP contribution >= 0.6 is 0 Å². The van der Waals surface area contributed by atoms with Gasteiger partial charge in [-0.1, -0.05) is 0 Å². The number of hydrogen-bond donors (Lipinski definition) is 0. The molecule has 18 heavy (non-hydrogen) atoms. The summed E-state index contributed by atoms with van der Waals surface area (Å²) in [6.07, 6.45) is 0. The van der Waals surface area contributed by atoms with Crippen molar-refractivity contribution in [2.75, 3.05) is 0 Å². The summed E-state index contributed by atoms with van der Waals surface area (Å²) >= 11 is 0. The van der Waals surface area contributed by atoms with E-state index in [1.165, 1.54) is 6.92 Å². The normalized spacial score (nSPS) is 10.7. The molecule has 0 atom stereocenters. The van der Waals surface area contributed by atoms with Gasteiger partial charge in [0.15, 0.2) is 5.43 Å². The van der Waals surface area contributed by atoms with Crippen molar-refractivity contribution in [3.8, 4) is 5.75 Å². The molecule has 2 rings (SSSR count). The second-order valence-corrected chi connectivity index (χ2v) is 4.27. The van der Waals surface area contributed by atoms with Gasteiger partial charge in [0.05, 0.1) is 5.39 Å². The lowest BCUT2D eigenvalue weighted by Crippen LogP contribution is -2.09. The molecule has 0 radical (unpaired) electrons. The van der Waals surface area contributed by atoms with E-state index in [1.54, 1.807) is 32.9 Å². The molecule has 0 N–H and O–H groups in total. The molecule has 0 aliphatic rings. The van der Waals surface area contributed by atoms with Gasteiger partial charge in [0.25, 0.3) is 0 Å². The van der Waals surface area contributed by atoms with Gasteiger partial charge >= 0.3 is 5.97 Å². The average Bonchev–Trinajstić information content (AvgIpc) is 2.30. The maximum atomic E-state index is 12.1. The van der Waals surface area contributed by atoms with Gasteiger partial charge in [-0.3, -0.25) is 9.59 Å². The molecule has 0 aliphatic carbocycles. The van der Waals surface area contributed by atoms with Gasteiger partial charge in [-0.25, -0.2) is 0 Å². The highest BCUT2D eigenvalue weighted by atomic mass is 16.5. The number of hydrogen-bond acceptors (Lipinski definition) is 4. The minimum absolute atomic E-state index is 0.0498. The fourth-order valence-electron chi connectivity index (χ4n) is 1.84. The lowest BCUT2D eigenvalue weighted by Gasteiger charge is -2.09. The number of fused-ring (bicyclic) bond motifs is 1. The van der Waals surface area contributed by atoms with Crippen molar-refractivity contribution < 1.29 is 13.9 Å². The van der Waals surface area contributed by atoms with Crippen molar-refractivity contribution in [2.45, 2.75) is 27.7 Å². The first-order chi connectivity index (χ1) is 8.41. The Bertz CT molecular complexity index is 695. The summed E-state index contributed by atoms with van der Waals surface area (Å²) in [4.78, 5) is 23.0. The molecule has 0 saturated carbocycles. The van der Waals surface area contributed by atoms with Gasteiger partial charge in [0.2, 0.25) is 0 Å². The van der Waals surface area contributed by atoms with Crippen LogP contribution in [0.3, 0.4) is 0 Å². The SMILES string of the molecule is CC(=O)Oc1ccc2c(=O)c(C)c(C)oc2c1C. The first-order valence-corrected chi connectivity index (χ1v) is 5.64. The number of carbonyl (C=O) groups is 1. The van der Waals surface area contributed by atoms with Crippen LogP contribution in [-0.2, 0) is 4.79 Å². The van der Waals surface area contributed by atoms with Crippen LogP contribution in [0.5, 0.6) is 5.75 Å². The molecule has 0 aliphatic heterocycles. The Hall–Kier alpha value is -2.10. The summed E-state index contributed by atoms with van der Waals surface area (Å²) < 4.78 is 10.7. The molecule has 1 aromatic heterocycles. The van der Waals surface area contributed by atoms with Crippen LogP contribution in [0, 0.1) is 20.8 Å². The zero-order chi connectivity index (χ0) is 13.4. The predicted octanol–water partition coefficient (Wildman–Crippen LogP) is 2.64. The van der Waals surface area contributed by atoms with Gasteiger partial charge in [0.1, 0.15) is 17.1 Å². The molecule has 0 saturated heterocycles. The third-order valence-corrected chi connectivity index (χ3v) is 2.98. The van der Waals surface area contributed by atoms with Gasteiger partial charge in [-0.15, -0.1) is 0 Å². The van der Waals surface area contributed by atoms with Gasteiger partial charge in [0, 0.05) is 18.1 Å². The predicted molar refractivity (Wildman–Crippen MR) is 68.0 cm³/mol. The average molecular weight is 246 g/mol. The lowest BCUT2D eigenvalue weighted by molar-refractivity contribution is -0.131. The Morgan fingerprint density at radius 3 is 2.44 bits per heavy atom. The van der Waals surface area contributed by atoms with Crippen molar-refractivity contribution in [1.29, 1.82) is 0 Å². The summed E-state index contributed by atoms with van der Waals surface area (Å²) in [6, 6.07) is 3.24. The highest BCUT2D eigenvalue weighted by Crippen LogP contribution is 2.27. The first kappa shape index (κ1) is 12.4. The van der Waals surface area contributed by atoms with Crippen LogP contribution in [0.4, 0.5) is 0 Å². The van der Waals surface area contributed by atoms with Crippen LogP contribution in [-0.4, -0.2) is 5.97 Å². The Morgan fingerprint density at radius 2 is 1.83 bits per heavy atom. The van der Waals surface area contributed by atoms with E-state index in [-0.39, 0.29) is 5.43 Å². The number of rotatable bonds is 1.